The minimum atomic E-state index is -1.86. The van der Waals surface area contributed by atoms with E-state index in [0.29, 0.717) is 17.2 Å². The molecule has 6 heteroatoms. The van der Waals surface area contributed by atoms with Crippen molar-refractivity contribution in [3.8, 4) is 17.2 Å². The van der Waals surface area contributed by atoms with E-state index in [9.17, 15) is 4.79 Å². The molecular formula is C16H26O5Si. The molecule has 0 aliphatic heterocycles. The molecule has 22 heavy (non-hydrogen) atoms. The molecular weight excluding hydrogens is 300 g/mol. The summed E-state index contributed by atoms with van der Waals surface area (Å²) in [5.41, 5.74) is -0.136. The van der Waals surface area contributed by atoms with E-state index in [0.717, 1.165) is 5.56 Å². The van der Waals surface area contributed by atoms with Crippen molar-refractivity contribution in [3.63, 3.8) is 0 Å². The van der Waals surface area contributed by atoms with Crippen LogP contribution in [0.1, 0.15) is 19.4 Å². The molecule has 5 nitrogen and oxygen atoms in total. The second kappa shape index (κ2) is 6.60. The van der Waals surface area contributed by atoms with Gasteiger partial charge in [-0.25, -0.2) is 0 Å². The van der Waals surface area contributed by atoms with Gasteiger partial charge in [-0.2, -0.15) is 0 Å². The summed E-state index contributed by atoms with van der Waals surface area (Å²) in [7, 11) is 2.65. The third-order valence-electron chi connectivity index (χ3n) is 3.27. The zero-order valence-electron chi connectivity index (χ0n) is 14.7. The molecule has 124 valence electrons. The summed E-state index contributed by atoms with van der Waals surface area (Å²) in [6.07, 6.45) is 0. The Morgan fingerprint density at radius 1 is 0.955 bits per heavy atom. The molecule has 1 aromatic carbocycles. The zero-order chi connectivity index (χ0) is 17.1. The minimum Gasteiger partial charge on any atom is -0.544 e. The van der Waals surface area contributed by atoms with Gasteiger partial charge in [0.25, 0.3) is 0 Å². The van der Waals surface area contributed by atoms with Crippen molar-refractivity contribution < 1.29 is 23.4 Å². The van der Waals surface area contributed by atoms with Crippen molar-refractivity contribution >= 4 is 14.3 Å². The van der Waals surface area contributed by atoms with Crippen LogP contribution in [0.25, 0.3) is 0 Å². The number of ether oxygens (including phenoxy) is 3. The molecule has 1 aromatic rings. The number of carbonyl (C=O) groups is 1. The van der Waals surface area contributed by atoms with Gasteiger partial charge in [0.05, 0.1) is 26.7 Å². The molecule has 0 N–H and O–H groups in total. The Bertz CT molecular complexity index is 546. The molecule has 0 aliphatic carbocycles. The topological polar surface area (TPSA) is 54.0 Å². The van der Waals surface area contributed by atoms with E-state index in [2.05, 4.69) is 19.6 Å². The summed E-state index contributed by atoms with van der Waals surface area (Å²) in [5, 5.41) is 0. The fourth-order valence-corrected chi connectivity index (χ4v) is 2.96. The first-order chi connectivity index (χ1) is 10.1. The average Bonchev–Trinajstić information content (AvgIpc) is 2.43. The van der Waals surface area contributed by atoms with Crippen molar-refractivity contribution in [2.75, 3.05) is 21.3 Å². The second-order valence-electron chi connectivity index (χ2n) is 6.53. The molecule has 0 bridgehead atoms. The molecule has 0 amide bonds. The number of hydrogen-bond donors (Lipinski definition) is 0. The Kier molecular flexibility index (Phi) is 5.51. The van der Waals surface area contributed by atoms with Gasteiger partial charge in [0.2, 0.25) is 8.32 Å². The van der Waals surface area contributed by atoms with Crippen LogP contribution in [0.3, 0.4) is 0 Å². The third kappa shape index (κ3) is 3.94. The number of benzene rings is 1. The fourth-order valence-electron chi connectivity index (χ4n) is 2.13. The Labute approximate surface area is 133 Å². The van der Waals surface area contributed by atoms with E-state index in [1.165, 1.54) is 7.11 Å². The first-order valence-electron chi connectivity index (χ1n) is 7.10. The lowest BCUT2D eigenvalue weighted by molar-refractivity contribution is -0.146. The van der Waals surface area contributed by atoms with Crippen molar-refractivity contribution in [1.29, 1.82) is 0 Å². The Morgan fingerprint density at radius 2 is 1.45 bits per heavy atom. The third-order valence-corrected chi connectivity index (χ3v) is 4.10. The highest BCUT2D eigenvalue weighted by Crippen LogP contribution is 2.41. The molecule has 0 saturated carbocycles. The first kappa shape index (κ1) is 18.4. The normalized spacial score (nSPS) is 11.8. The SMILES string of the molecule is COC(=O)C(C)(C)c1cc(OC)c(OC)cc1O[Si](C)(C)C. The number of methoxy groups -OCH3 is 3. The van der Waals surface area contributed by atoms with E-state index in [1.54, 1.807) is 40.2 Å². The summed E-state index contributed by atoms with van der Waals surface area (Å²) in [4.78, 5) is 12.2. The van der Waals surface area contributed by atoms with Crippen molar-refractivity contribution in [3.05, 3.63) is 17.7 Å². The molecule has 0 heterocycles. The molecule has 0 saturated heterocycles. The van der Waals surface area contributed by atoms with E-state index in [4.69, 9.17) is 18.6 Å². The van der Waals surface area contributed by atoms with Gasteiger partial charge in [0, 0.05) is 11.6 Å². The lowest BCUT2D eigenvalue weighted by atomic mass is 9.84. The second-order valence-corrected chi connectivity index (χ2v) is 11.0. The molecule has 0 aromatic heterocycles. The van der Waals surface area contributed by atoms with Crippen LogP contribution in [-0.2, 0) is 14.9 Å². The van der Waals surface area contributed by atoms with Crippen LogP contribution in [0.4, 0.5) is 0 Å². The standard InChI is InChI=1S/C16H26O5Si/c1-16(2,15(17)20-5)11-9-13(18-3)14(19-4)10-12(11)21-22(6,7)8/h9-10H,1-8H3. The van der Waals surface area contributed by atoms with E-state index in [1.807, 2.05) is 0 Å². The van der Waals surface area contributed by atoms with Gasteiger partial charge in [-0.05, 0) is 39.6 Å². The van der Waals surface area contributed by atoms with Crippen LogP contribution < -0.4 is 13.9 Å². The molecule has 0 spiro atoms. The maximum Gasteiger partial charge on any atom is 0.315 e. The molecule has 0 aliphatic rings. The molecule has 0 radical (unpaired) electrons. The average molecular weight is 326 g/mol. The lowest BCUT2D eigenvalue weighted by Crippen LogP contribution is -2.34. The van der Waals surface area contributed by atoms with Crippen molar-refractivity contribution in [2.45, 2.75) is 38.9 Å². The summed E-state index contributed by atoms with van der Waals surface area (Å²) < 4.78 is 21.8. The Balaban J connectivity index is 3.54. The first-order valence-corrected chi connectivity index (χ1v) is 10.5. The van der Waals surface area contributed by atoms with E-state index in [-0.39, 0.29) is 5.97 Å². The van der Waals surface area contributed by atoms with Crippen molar-refractivity contribution in [1.82, 2.24) is 0 Å². The monoisotopic (exact) mass is 326 g/mol. The van der Waals surface area contributed by atoms with Gasteiger partial charge in [0.1, 0.15) is 5.75 Å². The zero-order valence-corrected chi connectivity index (χ0v) is 15.7. The Morgan fingerprint density at radius 3 is 1.86 bits per heavy atom. The number of carbonyl (C=O) groups excluding carboxylic acids is 1. The lowest BCUT2D eigenvalue weighted by Gasteiger charge is -2.29. The maximum absolute atomic E-state index is 12.2. The van der Waals surface area contributed by atoms with Gasteiger partial charge in [-0.15, -0.1) is 0 Å². The number of rotatable bonds is 6. The van der Waals surface area contributed by atoms with Gasteiger partial charge in [0.15, 0.2) is 11.5 Å². The van der Waals surface area contributed by atoms with Crippen LogP contribution in [-0.4, -0.2) is 35.6 Å². The predicted octanol–water partition coefficient (Wildman–Crippen LogP) is 3.37. The highest BCUT2D eigenvalue weighted by molar-refractivity contribution is 6.70. The van der Waals surface area contributed by atoms with Crippen LogP contribution in [0, 0.1) is 0 Å². The largest absolute Gasteiger partial charge is 0.544 e. The summed E-state index contributed by atoms with van der Waals surface area (Å²) in [6, 6.07) is 3.56. The smallest absolute Gasteiger partial charge is 0.315 e. The molecule has 1 rings (SSSR count). The maximum atomic E-state index is 12.2. The Hall–Kier alpha value is -1.69. The van der Waals surface area contributed by atoms with Gasteiger partial charge < -0.3 is 18.6 Å². The molecule has 0 unspecified atom stereocenters. The van der Waals surface area contributed by atoms with Gasteiger partial charge >= 0.3 is 5.97 Å². The van der Waals surface area contributed by atoms with Crippen LogP contribution >= 0.6 is 0 Å². The highest BCUT2D eigenvalue weighted by Gasteiger charge is 2.36. The van der Waals surface area contributed by atoms with Crippen LogP contribution in [0.2, 0.25) is 19.6 Å². The number of esters is 1. The number of hydrogen-bond acceptors (Lipinski definition) is 5. The minimum absolute atomic E-state index is 0.333. The van der Waals surface area contributed by atoms with Gasteiger partial charge in [-0.3, -0.25) is 4.79 Å². The van der Waals surface area contributed by atoms with Crippen molar-refractivity contribution in [2.24, 2.45) is 0 Å². The van der Waals surface area contributed by atoms with E-state index < -0.39 is 13.7 Å². The summed E-state index contributed by atoms with van der Waals surface area (Å²) in [5.74, 6) is 1.42. The van der Waals surface area contributed by atoms with Gasteiger partial charge in [-0.1, -0.05) is 0 Å². The van der Waals surface area contributed by atoms with Crippen LogP contribution in [0.5, 0.6) is 17.2 Å². The summed E-state index contributed by atoms with van der Waals surface area (Å²) in [6.45, 7) is 9.85. The molecule has 0 atom stereocenters. The predicted molar refractivity (Wildman–Crippen MR) is 88.6 cm³/mol. The fraction of sp³-hybridized carbons (Fsp3) is 0.562. The summed E-state index contributed by atoms with van der Waals surface area (Å²) >= 11 is 0. The van der Waals surface area contributed by atoms with Crippen LogP contribution in [0.15, 0.2) is 12.1 Å². The highest BCUT2D eigenvalue weighted by atomic mass is 28.4. The quantitative estimate of drug-likeness (QED) is 0.592. The van der Waals surface area contributed by atoms with E-state index >= 15 is 0 Å². The molecule has 0 fully saturated rings.